The highest BCUT2D eigenvalue weighted by Gasteiger charge is 2.31. The van der Waals surface area contributed by atoms with Crippen molar-refractivity contribution < 1.29 is 14.3 Å². The Morgan fingerprint density at radius 2 is 1.48 bits per heavy atom. The molecule has 0 bridgehead atoms. The average molecular weight is 393 g/mol. The SMILES string of the molecule is O=C(Nc1ccccc1-c1ccccc1)N1CCC(C(=O)N2CCOCC2)CC1. The van der Waals surface area contributed by atoms with Gasteiger partial charge in [-0.05, 0) is 24.5 Å². The molecule has 1 N–H and O–H groups in total. The highest BCUT2D eigenvalue weighted by molar-refractivity contribution is 5.94. The Bertz CT molecular complexity index is 841. The van der Waals surface area contributed by atoms with Gasteiger partial charge in [0.15, 0.2) is 0 Å². The van der Waals surface area contributed by atoms with E-state index in [4.69, 9.17) is 4.74 Å². The summed E-state index contributed by atoms with van der Waals surface area (Å²) in [5, 5.41) is 3.06. The van der Waals surface area contributed by atoms with E-state index in [-0.39, 0.29) is 17.9 Å². The highest BCUT2D eigenvalue weighted by Crippen LogP contribution is 2.28. The average Bonchev–Trinajstić information content (AvgIpc) is 2.80. The number of urea groups is 1. The molecule has 2 fully saturated rings. The number of benzene rings is 2. The fraction of sp³-hybridized carbons (Fsp3) is 0.391. The van der Waals surface area contributed by atoms with Crippen LogP contribution in [0, 0.1) is 5.92 Å². The van der Waals surface area contributed by atoms with Crippen LogP contribution in [-0.4, -0.2) is 61.1 Å². The lowest BCUT2D eigenvalue weighted by Crippen LogP contribution is -2.48. The van der Waals surface area contributed by atoms with Gasteiger partial charge in [0, 0.05) is 37.7 Å². The molecule has 29 heavy (non-hydrogen) atoms. The van der Waals surface area contributed by atoms with Crippen LogP contribution >= 0.6 is 0 Å². The van der Waals surface area contributed by atoms with E-state index in [1.54, 1.807) is 0 Å². The van der Waals surface area contributed by atoms with Crippen LogP contribution in [0.25, 0.3) is 11.1 Å². The standard InChI is InChI=1S/C23H27N3O3/c27-22(25-14-16-29-17-15-25)19-10-12-26(13-11-19)23(28)24-21-9-5-4-8-20(21)18-6-2-1-3-7-18/h1-9,19H,10-17H2,(H,24,28). The summed E-state index contributed by atoms with van der Waals surface area (Å²) in [6, 6.07) is 17.8. The van der Waals surface area contributed by atoms with Gasteiger partial charge in [-0.1, -0.05) is 48.5 Å². The van der Waals surface area contributed by atoms with Crippen LogP contribution in [0.4, 0.5) is 10.5 Å². The van der Waals surface area contributed by atoms with Gasteiger partial charge in [0.25, 0.3) is 0 Å². The summed E-state index contributed by atoms with van der Waals surface area (Å²) in [6.45, 7) is 3.79. The van der Waals surface area contributed by atoms with Gasteiger partial charge in [0.1, 0.15) is 0 Å². The minimum atomic E-state index is -0.106. The minimum Gasteiger partial charge on any atom is -0.378 e. The van der Waals surface area contributed by atoms with Gasteiger partial charge in [0.05, 0.1) is 18.9 Å². The lowest BCUT2D eigenvalue weighted by molar-refractivity contribution is -0.140. The molecule has 3 amide bonds. The molecule has 6 heteroatoms. The van der Waals surface area contributed by atoms with E-state index in [2.05, 4.69) is 5.32 Å². The summed E-state index contributed by atoms with van der Waals surface area (Å²) >= 11 is 0. The number of nitrogens with zero attached hydrogens (tertiary/aromatic N) is 2. The first-order valence-electron chi connectivity index (χ1n) is 10.3. The van der Waals surface area contributed by atoms with E-state index in [0.29, 0.717) is 52.2 Å². The predicted molar refractivity (Wildman–Crippen MR) is 113 cm³/mol. The molecule has 2 saturated heterocycles. The van der Waals surface area contributed by atoms with Crippen LogP contribution in [-0.2, 0) is 9.53 Å². The molecule has 0 aliphatic carbocycles. The van der Waals surface area contributed by atoms with Gasteiger partial charge >= 0.3 is 6.03 Å². The minimum absolute atomic E-state index is 0.00811. The fourth-order valence-corrected chi connectivity index (χ4v) is 4.03. The first-order valence-corrected chi connectivity index (χ1v) is 10.3. The van der Waals surface area contributed by atoms with Gasteiger partial charge in [-0.15, -0.1) is 0 Å². The molecule has 0 saturated carbocycles. The topological polar surface area (TPSA) is 61.9 Å². The van der Waals surface area contributed by atoms with Crippen molar-refractivity contribution in [2.45, 2.75) is 12.8 Å². The number of ether oxygens (including phenoxy) is 1. The molecule has 2 aromatic rings. The van der Waals surface area contributed by atoms with Crippen LogP contribution in [0.5, 0.6) is 0 Å². The Balaban J connectivity index is 1.36. The summed E-state index contributed by atoms with van der Waals surface area (Å²) in [5.41, 5.74) is 2.87. The maximum absolute atomic E-state index is 12.8. The van der Waals surface area contributed by atoms with Crippen LogP contribution < -0.4 is 5.32 Å². The lowest BCUT2D eigenvalue weighted by atomic mass is 9.95. The first kappa shape index (κ1) is 19.5. The third-order valence-corrected chi connectivity index (χ3v) is 5.71. The summed E-state index contributed by atoms with van der Waals surface area (Å²) in [6.07, 6.45) is 1.42. The summed E-state index contributed by atoms with van der Waals surface area (Å²) in [4.78, 5) is 29.2. The molecule has 0 aromatic heterocycles. The highest BCUT2D eigenvalue weighted by atomic mass is 16.5. The molecule has 152 valence electrons. The molecule has 2 aliphatic rings. The van der Waals surface area contributed by atoms with Gasteiger partial charge < -0.3 is 19.9 Å². The summed E-state index contributed by atoms with van der Waals surface area (Å²) < 4.78 is 5.33. The molecule has 0 atom stereocenters. The summed E-state index contributed by atoms with van der Waals surface area (Å²) in [5.74, 6) is 0.219. The molecule has 2 aliphatic heterocycles. The van der Waals surface area contributed by atoms with Crippen molar-refractivity contribution in [3.8, 4) is 11.1 Å². The molecule has 0 radical (unpaired) electrons. The number of carbonyl (C=O) groups excluding carboxylic acids is 2. The number of nitrogens with one attached hydrogen (secondary N) is 1. The van der Waals surface area contributed by atoms with E-state index >= 15 is 0 Å². The lowest BCUT2D eigenvalue weighted by Gasteiger charge is -2.35. The van der Waals surface area contributed by atoms with Crippen LogP contribution in [0.1, 0.15) is 12.8 Å². The second-order valence-electron chi connectivity index (χ2n) is 7.54. The van der Waals surface area contributed by atoms with Crippen LogP contribution in [0.2, 0.25) is 0 Å². The van der Waals surface area contributed by atoms with Gasteiger partial charge in [-0.25, -0.2) is 4.79 Å². The third-order valence-electron chi connectivity index (χ3n) is 5.71. The molecular weight excluding hydrogens is 366 g/mol. The van der Waals surface area contributed by atoms with Gasteiger partial charge in [0.2, 0.25) is 5.91 Å². The van der Waals surface area contributed by atoms with Crippen LogP contribution in [0.3, 0.4) is 0 Å². The molecule has 6 nitrogen and oxygen atoms in total. The fourth-order valence-electron chi connectivity index (χ4n) is 4.03. The number of likely N-dealkylation sites (tertiary alicyclic amines) is 1. The maximum Gasteiger partial charge on any atom is 0.321 e. The van der Waals surface area contributed by atoms with E-state index < -0.39 is 0 Å². The number of hydrogen-bond acceptors (Lipinski definition) is 3. The Hall–Kier alpha value is -2.86. The number of anilines is 1. The number of hydrogen-bond donors (Lipinski definition) is 1. The van der Waals surface area contributed by atoms with Crippen molar-refractivity contribution in [3.05, 3.63) is 54.6 Å². The Labute approximate surface area is 171 Å². The predicted octanol–water partition coefficient (Wildman–Crippen LogP) is 3.46. The maximum atomic E-state index is 12.8. The molecular formula is C23H27N3O3. The Kier molecular flexibility index (Phi) is 6.10. The van der Waals surface area contributed by atoms with E-state index in [1.807, 2.05) is 64.4 Å². The zero-order valence-electron chi connectivity index (χ0n) is 16.5. The second kappa shape index (κ2) is 9.09. The Morgan fingerprint density at radius 1 is 0.828 bits per heavy atom. The number of morpholine rings is 1. The monoisotopic (exact) mass is 393 g/mol. The van der Waals surface area contributed by atoms with E-state index in [1.165, 1.54) is 0 Å². The largest absolute Gasteiger partial charge is 0.378 e. The zero-order valence-corrected chi connectivity index (χ0v) is 16.5. The first-order chi connectivity index (χ1) is 14.2. The van der Waals surface area contributed by atoms with Crippen molar-refractivity contribution >= 4 is 17.6 Å². The zero-order chi connectivity index (χ0) is 20.1. The molecule has 2 heterocycles. The number of amides is 3. The van der Waals surface area contributed by atoms with Crippen molar-refractivity contribution in [2.24, 2.45) is 5.92 Å². The van der Waals surface area contributed by atoms with Gasteiger partial charge in [-0.2, -0.15) is 0 Å². The smallest absolute Gasteiger partial charge is 0.321 e. The van der Waals surface area contributed by atoms with Crippen molar-refractivity contribution in [2.75, 3.05) is 44.7 Å². The Morgan fingerprint density at radius 3 is 2.21 bits per heavy atom. The number of para-hydroxylation sites is 1. The second-order valence-corrected chi connectivity index (χ2v) is 7.54. The van der Waals surface area contributed by atoms with E-state index in [9.17, 15) is 9.59 Å². The molecule has 4 rings (SSSR count). The number of carbonyl (C=O) groups is 2. The normalized spacial score (nSPS) is 17.8. The van der Waals surface area contributed by atoms with Crippen molar-refractivity contribution in [1.82, 2.24) is 9.80 Å². The quantitative estimate of drug-likeness (QED) is 0.869. The third kappa shape index (κ3) is 4.59. The van der Waals surface area contributed by atoms with Crippen LogP contribution in [0.15, 0.2) is 54.6 Å². The summed E-state index contributed by atoms with van der Waals surface area (Å²) in [7, 11) is 0. The molecule has 0 unspecified atom stereocenters. The van der Waals surface area contributed by atoms with Gasteiger partial charge in [-0.3, -0.25) is 4.79 Å². The van der Waals surface area contributed by atoms with Crippen molar-refractivity contribution in [1.29, 1.82) is 0 Å². The number of rotatable bonds is 3. The number of piperidine rings is 1. The molecule has 2 aromatic carbocycles. The van der Waals surface area contributed by atoms with Crippen molar-refractivity contribution in [3.63, 3.8) is 0 Å². The van der Waals surface area contributed by atoms with E-state index in [0.717, 1.165) is 16.8 Å². The molecule has 0 spiro atoms.